The Morgan fingerprint density at radius 2 is 1.61 bits per heavy atom. The molecular formula is C24H25NO3. The highest BCUT2D eigenvalue weighted by atomic mass is 16.5. The predicted molar refractivity (Wildman–Crippen MR) is 113 cm³/mol. The van der Waals surface area contributed by atoms with E-state index in [-0.39, 0.29) is 11.0 Å². The van der Waals surface area contributed by atoms with Crippen LogP contribution in [0.3, 0.4) is 0 Å². The van der Waals surface area contributed by atoms with Crippen LogP contribution in [-0.4, -0.2) is 11.1 Å². The van der Waals surface area contributed by atoms with Gasteiger partial charge in [-0.15, -0.1) is 0 Å². The van der Waals surface area contributed by atoms with Crippen LogP contribution in [0.25, 0.3) is 0 Å². The lowest BCUT2D eigenvalue weighted by Crippen LogP contribution is -2.14. The van der Waals surface area contributed by atoms with Crippen LogP contribution in [-0.2, 0) is 12.0 Å². The van der Waals surface area contributed by atoms with Gasteiger partial charge in [-0.05, 0) is 46.9 Å². The number of carboxylic acids is 1. The molecule has 4 nitrogen and oxygen atoms in total. The van der Waals surface area contributed by atoms with Crippen LogP contribution in [0.5, 0.6) is 5.75 Å². The molecule has 0 spiro atoms. The van der Waals surface area contributed by atoms with Crippen molar-refractivity contribution in [3.63, 3.8) is 0 Å². The zero-order valence-corrected chi connectivity index (χ0v) is 16.4. The van der Waals surface area contributed by atoms with Crippen molar-refractivity contribution in [1.82, 2.24) is 0 Å². The van der Waals surface area contributed by atoms with Crippen LogP contribution in [0.4, 0.5) is 11.4 Å². The quantitative estimate of drug-likeness (QED) is 0.554. The number of para-hydroxylation sites is 1. The van der Waals surface area contributed by atoms with Crippen molar-refractivity contribution in [3.05, 3.63) is 89.5 Å². The minimum atomic E-state index is -0.955. The van der Waals surface area contributed by atoms with Crippen LogP contribution in [0.15, 0.2) is 72.8 Å². The van der Waals surface area contributed by atoms with Gasteiger partial charge in [0.1, 0.15) is 12.4 Å². The highest BCUT2D eigenvalue weighted by molar-refractivity contribution is 5.95. The van der Waals surface area contributed by atoms with E-state index in [2.05, 4.69) is 26.1 Å². The number of carboxylic acid groups (broad SMARTS) is 1. The van der Waals surface area contributed by atoms with Gasteiger partial charge in [0.05, 0.1) is 11.3 Å². The first-order chi connectivity index (χ1) is 13.3. The van der Waals surface area contributed by atoms with Crippen molar-refractivity contribution in [2.75, 3.05) is 5.32 Å². The predicted octanol–water partition coefficient (Wildman–Crippen LogP) is 6.00. The first-order valence-corrected chi connectivity index (χ1v) is 9.25. The van der Waals surface area contributed by atoms with E-state index in [0.29, 0.717) is 12.3 Å². The van der Waals surface area contributed by atoms with Crippen molar-refractivity contribution >= 4 is 17.3 Å². The summed E-state index contributed by atoms with van der Waals surface area (Å²) in [5.74, 6) is -0.172. The van der Waals surface area contributed by atoms with Crippen LogP contribution >= 0.6 is 0 Å². The molecule has 3 rings (SSSR count). The molecule has 0 aliphatic rings. The fraction of sp³-hybridized carbons (Fsp3) is 0.208. The first-order valence-electron chi connectivity index (χ1n) is 9.25. The second kappa shape index (κ2) is 8.17. The summed E-state index contributed by atoms with van der Waals surface area (Å²) in [6, 6.07) is 22.8. The molecule has 4 heteroatoms. The molecule has 0 atom stereocenters. The number of rotatable bonds is 6. The van der Waals surface area contributed by atoms with Crippen LogP contribution in [0.2, 0.25) is 0 Å². The van der Waals surface area contributed by atoms with Gasteiger partial charge < -0.3 is 15.2 Å². The molecule has 0 saturated heterocycles. The van der Waals surface area contributed by atoms with Crippen molar-refractivity contribution in [1.29, 1.82) is 0 Å². The third-order valence-corrected chi connectivity index (χ3v) is 4.47. The number of benzene rings is 3. The molecule has 0 aliphatic carbocycles. The Bertz CT molecular complexity index is 959. The van der Waals surface area contributed by atoms with E-state index in [4.69, 9.17) is 4.74 Å². The summed E-state index contributed by atoms with van der Waals surface area (Å²) in [7, 11) is 0. The molecule has 0 fully saturated rings. The Kier molecular flexibility index (Phi) is 5.69. The molecule has 0 aromatic heterocycles. The van der Waals surface area contributed by atoms with Crippen molar-refractivity contribution in [2.24, 2.45) is 0 Å². The molecule has 0 radical (unpaired) electrons. The van der Waals surface area contributed by atoms with E-state index in [9.17, 15) is 9.90 Å². The van der Waals surface area contributed by atoms with Crippen molar-refractivity contribution in [2.45, 2.75) is 32.8 Å². The molecule has 0 bridgehead atoms. The zero-order chi connectivity index (χ0) is 20.1. The first kappa shape index (κ1) is 19.5. The van der Waals surface area contributed by atoms with Gasteiger partial charge in [-0.3, -0.25) is 0 Å². The number of hydrogen-bond acceptors (Lipinski definition) is 3. The number of anilines is 2. The lowest BCUT2D eigenvalue weighted by Gasteiger charge is -2.25. The maximum absolute atomic E-state index is 11.5. The fourth-order valence-corrected chi connectivity index (χ4v) is 3.01. The van der Waals surface area contributed by atoms with Gasteiger partial charge in [-0.1, -0.05) is 63.2 Å². The molecule has 3 aromatic rings. The molecule has 0 saturated carbocycles. The van der Waals surface area contributed by atoms with Crippen molar-refractivity contribution < 1.29 is 14.6 Å². The molecule has 0 aliphatic heterocycles. The van der Waals surface area contributed by atoms with Crippen LogP contribution < -0.4 is 10.1 Å². The van der Waals surface area contributed by atoms with Gasteiger partial charge in [-0.25, -0.2) is 4.79 Å². The number of aromatic carboxylic acids is 1. The van der Waals surface area contributed by atoms with E-state index in [1.54, 1.807) is 18.2 Å². The monoisotopic (exact) mass is 375 g/mol. The Morgan fingerprint density at radius 3 is 2.29 bits per heavy atom. The average Bonchev–Trinajstić information content (AvgIpc) is 2.67. The normalized spacial score (nSPS) is 11.1. The fourth-order valence-electron chi connectivity index (χ4n) is 3.01. The Hall–Kier alpha value is -3.27. The summed E-state index contributed by atoms with van der Waals surface area (Å²) >= 11 is 0. The van der Waals surface area contributed by atoms with Crippen LogP contribution in [0, 0.1) is 0 Å². The molecule has 3 aromatic carbocycles. The number of nitrogens with one attached hydrogen (secondary N) is 1. The summed E-state index contributed by atoms with van der Waals surface area (Å²) in [4.78, 5) is 11.5. The average molecular weight is 375 g/mol. The molecule has 2 N–H and O–H groups in total. The zero-order valence-electron chi connectivity index (χ0n) is 16.4. The van der Waals surface area contributed by atoms with Gasteiger partial charge in [0, 0.05) is 5.69 Å². The van der Waals surface area contributed by atoms with E-state index in [1.165, 1.54) is 0 Å². The minimum absolute atomic E-state index is 0.146. The van der Waals surface area contributed by atoms with E-state index in [0.717, 1.165) is 22.6 Å². The molecule has 0 amide bonds. The third-order valence-electron chi connectivity index (χ3n) is 4.47. The topological polar surface area (TPSA) is 58.6 Å². The standard InChI is InChI=1S/C24H25NO3/c1-24(2,3)20-15-18(28-16-17-9-5-4-6-10-17)13-14-22(20)25-21-12-8-7-11-19(21)23(26)27/h4-15,25H,16H2,1-3H3,(H,26,27). The van der Waals surface area contributed by atoms with Gasteiger partial charge in [0.15, 0.2) is 0 Å². The SMILES string of the molecule is CC(C)(C)c1cc(OCc2ccccc2)ccc1Nc1ccccc1C(=O)O. The van der Waals surface area contributed by atoms with Gasteiger partial charge in [-0.2, -0.15) is 0 Å². The minimum Gasteiger partial charge on any atom is -0.489 e. The highest BCUT2D eigenvalue weighted by Gasteiger charge is 2.20. The van der Waals surface area contributed by atoms with Crippen LogP contribution in [0.1, 0.15) is 42.3 Å². The number of hydrogen-bond donors (Lipinski definition) is 2. The molecule has 0 heterocycles. The highest BCUT2D eigenvalue weighted by Crippen LogP contribution is 2.35. The van der Waals surface area contributed by atoms with Gasteiger partial charge in [0.25, 0.3) is 0 Å². The third kappa shape index (κ3) is 4.71. The Morgan fingerprint density at radius 1 is 0.929 bits per heavy atom. The van der Waals surface area contributed by atoms with E-state index < -0.39 is 5.97 Å². The van der Waals surface area contributed by atoms with Gasteiger partial charge >= 0.3 is 5.97 Å². The Labute approximate surface area is 165 Å². The molecule has 28 heavy (non-hydrogen) atoms. The number of carbonyl (C=O) groups is 1. The summed E-state index contributed by atoms with van der Waals surface area (Å²) in [6.07, 6.45) is 0. The lowest BCUT2D eigenvalue weighted by atomic mass is 9.85. The summed E-state index contributed by atoms with van der Waals surface area (Å²) < 4.78 is 5.97. The second-order valence-corrected chi connectivity index (χ2v) is 7.71. The molecular weight excluding hydrogens is 350 g/mol. The number of ether oxygens (including phenoxy) is 1. The second-order valence-electron chi connectivity index (χ2n) is 7.71. The van der Waals surface area contributed by atoms with E-state index in [1.807, 2.05) is 54.6 Å². The molecule has 0 unspecified atom stereocenters. The molecule has 144 valence electrons. The Balaban J connectivity index is 1.89. The van der Waals surface area contributed by atoms with Gasteiger partial charge in [0.2, 0.25) is 0 Å². The lowest BCUT2D eigenvalue weighted by molar-refractivity contribution is 0.0698. The maximum atomic E-state index is 11.5. The summed E-state index contributed by atoms with van der Waals surface area (Å²) in [5.41, 5.74) is 3.70. The summed E-state index contributed by atoms with van der Waals surface area (Å²) in [6.45, 7) is 6.87. The smallest absolute Gasteiger partial charge is 0.337 e. The van der Waals surface area contributed by atoms with Crippen molar-refractivity contribution in [3.8, 4) is 5.75 Å². The maximum Gasteiger partial charge on any atom is 0.337 e. The van der Waals surface area contributed by atoms with E-state index >= 15 is 0 Å². The summed E-state index contributed by atoms with van der Waals surface area (Å²) in [5, 5.41) is 12.7. The largest absolute Gasteiger partial charge is 0.489 e.